The van der Waals surface area contributed by atoms with E-state index < -0.39 is 0 Å². The summed E-state index contributed by atoms with van der Waals surface area (Å²) in [6.45, 7) is 2.84. The number of nitrogens with zero attached hydrogens (tertiary/aromatic N) is 3. The molecule has 7 heteroatoms. The van der Waals surface area contributed by atoms with Gasteiger partial charge in [-0.3, -0.25) is 24.5 Å². The van der Waals surface area contributed by atoms with Gasteiger partial charge in [0.05, 0.1) is 11.0 Å². The Morgan fingerprint density at radius 1 is 1.16 bits per heavy atom. The molecule has 0 bridgehead atoms. The average Bonchev–Trinajstić information content (AvgIpc) is 3.30. The first-order chi connectivity index (χ1) is 15.1. The number of aryl methyl sites for hydroxylation is 1. The van der Waals surface area contributed by atoms with Crippen molar-refractivity contribution in [2.24, 2.45) is 0 Å². The molecule has 3 aromatic rings. The predicted octanol–water partition coefficient (Wildman–Crippen LogP) is 2.55. The zero-order valence-corrected chi connectivity index (χ0v) is 17.8. The van der Waals surface area contributed by atoms with Crippen molar-refractivity contribution in [2.45, 2.75) is 44.6 Å². The summed E-state index contributed by atoms with van der Waals surface area (Å²) >= 11 is 0. The number of hydrogen-bond donors (Lipinski definition) is 2. The van der Waals surface area contributed by atoms with Crippen LogP contribution in [0.25, 0.3) is 11.0 Å². The molecule has 4 heterocycles. The minimum Gasteiger partial charge on any atom is -0.354 e. The smallest absolute Gasteiger partial charge is 0.269 e. The number of fused-ring (bicyclic) bond motifs is 3. The molecule has 1 amide bonds. The second-order valence-electron chi connectivity index (χ2n) is 8.61. The van der Waals surface area contributed by atoms with Crippen LogP contribution in [0.1, 0.15) is 57.9 Å². The Bertz CT molecular complexity index is 1180. The van der Waals surface area contributed by atoms with Crippen LogP contribution in [0.15, 0.2) is 35.4 Å². The van der Waals surface area contributed by atoms with E-state index in [1.807, 2.05) is 18.5 Å². The van der Waals surface area contributed by atoms with E-state index in [2.05, 4.69) is 26.3 Å². The highest BCUT2D eigenvalue weighted by Crippen LogP contribution is 2.29. The summed E-state index contributed by atoms with van der Waals surface area (Å²) in [5, 5.41) is 2.60. The monoisotopic (exact) mass is 417 g/mol. The predicted molar refractivity (Wildman–Crippen MR) is 119 cm³/mol. The van der Waals surface area contributed by atoms with Gasteiger partial charge in [-0.25, -0.2) is 0 Å². The van der Waals surface area contributed by atoms with Crippen molar-refractivity contribution in [3.8, 4) is 0 Å². The van der Waals surface area contributed by atoms with Crippen LogP contribution < -0.4 is 10.9 Å². The molecule has 0 unspecified atom stereocenters. The maximum absolute atomic E-state index is 12.4. The number of rotatable bonds is 4. The number of pyridine rings is 3. The zero-order chi connectivity index (χ0) is 21.4. The highest BCUT2D eigenvalue weighted by molar-refractivity contribution is 5.91. The standard InChI is InChI=1S/C24H27N5O2/c1-25-24(31)20-6-5-17(13-26-20)16-7-9-29(10-8-16)14-15-11-21-22(27-12-15)18-3-2-4-19(18)23(30)28-21/h5-6,11-13,16H,2-4,7-10,14H2,1H3,(H,25,31)(H,28,30). The lowest BCUT2D eigenvalue weighted by atomic mass is 9.90. The lowest BCUT2D eigenvalue weighted by Crippen LogP contribution is -2.32. The van der Waals surface area contributed by atoms with E-state index in [9.17, 15) is 9.59 Å². The Morgan fingerprint density at radius 3 is 2.71 bits per heavy atom. The van der Waals surface area contributed by atoms with E-state index in [1.165, 1.54) is 5.56 Å². The normalized spacial score (nSPS) is 17.1. The van der Waals surface area contributed by atoms with Crippen LogP contribution in [0.4, 0.5) is 0 Å². The van der Waals surface area contributed by atoms with Gasteiger partial charge in [0.15, 0.2) is 0 Å². The summed E-state index contributed by atoms with van der Waals surface area (Å²) in [4.78, 5) is 38.5. The lowest BCUT2D eigenvalue weighted by Gasteiger charge is -2.32. The quantitative estimate of drug-likeness (QED) is 0.681. The molecule has 0 atom stereocenters. The van der Waals surface area contributed by atoms with Crippen LogP contribution in [0.2, 0.25) is 0 Å². The van der Waals surface area contributed by atoms with Crippen molar-refractivity contribution in [1.29, 1.82) is 0 Å². The van der Waals surface area contributed by atoms with Gasteiger partial charge in [-0.1, -0.05) is 6.07 Å². The first-order valence-electron chi connectivity index (χ1n) is 11.1. The summed E-state index contributed by atoms with van der Waals surface area (Å²) in [5.74, 6) is 0.313. The molecule has 2 aliphatic rings. The maximum Gasteiger partial charge on any atom is 0.269 e. The third-order valence-electron chi connectivity index (χ3n) is 6.68. The molecule has 1 aliphatic carbocycles. The van der Waals surface area contributed by atoms with Crippen LogP contribution in [0.5, 0.6) is 0 Å². The summed E-state index contributed by atoms with van der Waals surface area (Å²) < 4.78 is 0. The average molecular weight is 418 g/mol. The summed E-state index contributed by atoms with van der Waals surface area (Å²) in [7, 11) is 1.61. The number of H-pyrrole nitrogens is 1. The summed E-state index contributed by atoms with van der Waals surface area (Å²) in [6.07, 6.45) is 8.79. The Morgan fingerprint density at radius 2 is 1.97 bits per heavy atom. The van der Waals surface area contributed by atoms with Crippen molar-refractivity contribution in [3.63, 3.8) is 0 Å². The molecule has 1 fully saturated rings. The largest absolute Gasteiger partial charge is 0.354 e. The van der Waals surface area contributed by atoms with E-state index in [0.717, 1.165) is 79.5 Å². The van der Waals surface area contributed by atoms with Crippen molar-refractivity contribution in [3.05, 3.63) is 68.9 Å². The third kappa shape index (κ3) is 3.85. The Labute approximate surface area is 180 Å². The molecule has 5 rings (SSSR count). The van der Waals surface area contributed by atoms with E-state index in [0.29, 0.717) is 11.6 Å². The van der Waals surface area contributed by atoms with Gasteiger partial charge in [0.2, 0.25) is 0 Å². The van der Waals surface area contributed by atoms with Crippen molar-refractivity contribution >= 4 is 16.9 Å². The molecule has 0 spiro atoms. The fourth-order valence-corrected chi connectivity index (χ4v) is 4.98. The molecule has 1 aliphatic heterocycles. The van der Waals surface area contributed by atoms with E-state index >= 15 is 0 Å². The molecule has 0 saturated carbocycles. The van der Waals surface area contributed by atoms with Crippen molar-refractivity contribution in [1.82, 2.24) is 25.2 Å². The van der Waals surface area contributed by atoms with Crippen LogP contribution in [0.3, 0.4) is 0 Å². The second kappa shape index (κ2) is 8.23. The number of aromatic amines is 1. The van der Waals surface area contributed by atoms with E-state index in [4.69, 9.17) is 4.98 Å². The lowest BCUT2D eigenvalue weighted by molar-refractivity contribution is 0.0958. The molecule has 7 nitrogen and oxygen atoms in total. The number of nitrogens with one attached hydrogen (secondary N) is 2. The van der Waals surface area contributed by atoms with Gasteiger partial charge in [0.1, 0.15) is 5.69 Å². The molecule has 160 valence electrons. The topological polar surface area (TPSA) is 91.0 Å². The fraction of sp³-hybridized carbons (Fsp3) is 0.417. The molecule has 31 heavy (non-hydrogen) atoms. The van der Waals surface area contributed by atoms with Gasteiger partial charge in [-0.15, -0.1) is 0 Å². The van der Waals surface area contributed by atoms with Gasteiger partial charge in [-0.2, -0.15) is 0 Å². The van der Waals surface area contributed by atoms with E-state index in [1.54, 1.807) is 13.1 Å². The Balaban J connectivity index is 1.24. The SMILES string of the molecule is CNC(=O)c1ccc(C2CCN(Cc3cnc4c5c(c(=O)[nH]c4c3)CCC5)CC2)cn1. The molecule has 2 N–H and O–H groups in total. The van der Waals surface area contributed by atoms with Crippen LogP contribution in [-0.4, -0.2) is 45.9 Å². The fourth-order valence-electron chi connectivity index (χ4n) is 4.98. The Kier molecular flexibility index (Phi) is 5.28. The number of carbonyl (C=O) groups excluding carboxylic acids is 1. The minimum atomic E-state index is -0.156. The summed E-state index contributed by atoms with van der Waals surface area (Å²) in [6, 6.07) is 5.93. The molecular formula is C24H27N5O2. The van der Waals surface area contributed by atoms with Gasteiger partial charge >= 0.3 is 0 Å². The molecule has 0 radical (unpaired) electrons. The van der Waals surface area contributed by atoms with Gasteiger partial charge in [-0.05, 0) is 79.9 Å². The number of amides is 1. The molecule has 0 aromatic carbocycles. The Hall–Kier alpha value is -3.06. The molecular weight excluding hydrogens is 390 g/mol. The second-order valence-corrected chi connectivity index (χ2v) is 8.61. The number of piperidine rings is 1. The third-order valence-corrected chi connectivity index (χ3v) is 6.68. The van der Waals surface area contributed by atoms with Gasteiger partial charge in [0, 0.05) is 31.5 Å². The molecule has 1 saturated heterocycles. The van der Waals surface area contributed by atoms with Crippen molar-refractivity contribution < 1.29 is 4.79 Å². The number of likely N-dealkylation sites (tertiary alicyclic amines) is 1. The van der Waals surface area contributed by atoms with Crippen molar-refractivity contribution in [2.75, 3.05) is 20.1 Å². The van der Waals surface area contributed by atoms with Crippen LogP contribution in [-0.2, 0) is 19.4 Å². The first-order valence-corrected chi connectivity index (χ1v) is 11.1. The highest BCUT2D eigenvalue weighted by atomic mass is 16.1. The number of carbonyl (C=O) groups is 1. The van der Waals surface area contributed by atoms with Crippen LogP contribution >= 0.6 is 0 Å². The highest BCUT2D eigenvalue weighted by Gasteiger charge is 2.22. The van der Waals surface area contributed by atoms with Gasteiger partial charge in [0.25, 0.3) is 11.5 Å². The molecule has 3 aromatic heterocycles. The zero-order valence-electron chi connectivity index (χ0n) is 17.8. The number of aromatic nitrogens is 3. The first kappa shape index (κ1) is 19.9. The van der Waals surface area contributed by atoms with Crippen LogP contribution in [0, 0.1) is 0 Å². The van der Waals surface area contributed by atoms with E-state index in [-0.39, 0.29) is 11.5 Å². The number of hydrogen-bond acceptors (Lipinski definition) is 5. The summed E-state index contributed by atoms with van der Waals surface area (Å²) in [5.41, 5.74) is 6.73. The maximum atomic E-state index is 12.4. The van der Waals surface area contributed by atoms with Gasteiger partial charge < -0.3 is 10.3 Å². The minimum absolute atomic E-state index is 0.0517.